The van der Waals surface area contributed by atoms with Crippen molar-refractivity contribution < 1.29 is 14.3 Å². The number of carbonyl (C=O) groups is 1. The summed E-state index contributed by atoms with van der Waals surface area (Å²) in [6, 6.07) is 7.10. The predicted octanol–water partition coefficient (Wildman–Crippen LogP) is 2.30. The first-order valence-corrected chi connectivity index (χ1v) is 4.90. The second kappa shape index (κ2) is 5.51. The van der Waals surface area contributed by atoms with Crippen LogP contribution in [0, 0.1) is 0 Å². The second-order valence-corrected chi connectivity index (χ2v) is 3.44. The third-order valence-corrected chi connectivity index (χ3v) is 2.15. The number of rotatable bonds is 5. The zero-order chi connectivity index (χ0) is 11.3. The fourth-order valence-corrected chi connectivity index (χ4v) is 1.07. The highest BCUT2D eigenvalue weighted by atomic mass is 16.5. The van der Waals surface area contributed by atoms with Crippen LogP contribution in [0.25, 0.3) is 0 Å². The number of hydrogen-bond donors (Lipinski definition) is 0. The van der Waals surface area contributed by atoms with Gasteiger partial charge in [0.2, 0.25) is 0 Å². The first-order chi connectivity index (χ1) is 7.13. The topological polar surface area (TPSA) is 35.5 Å². The van der Waals surface area contributed by atoms with E-state index >= 15 is 0 Å². The minimum Gasteiger partial charge on any atom is -0.491 e. The maximum atomic E-state index is 11.0. The van der Waals surface area contributed by atoms with Crippen LogP contribution in [0.1, 0.15) is 24.2 Å². The fraction of sp³-hybridized carbons (Fsp3) is 0.417. The molecule has 1 unspecified atom stereocenters. The van der Waals surface area contributed by atoms with Crippen LogP contribution < -0.4 is 4.74 Å². The Labute approximate surface area is 90.0 Å². The van der Waals surface area contributed by atoms with Gasteiger partial charge in [-0.2, -0.15) is 0 Å². The van der Waals surface area contributed by atoms with Gasteiger partial charge in [0.15, 0.2) is 5.78 Å². The molecule has 1 aromatic carbocycles. The number of carbonyl (C=O) groups excluding carboxylic acids is 1. The molecule has 3 heteroatoms. The van der Waals surface area contributed by atoms with E-state index in [-0.39, 0.29) is 11.9 Å². The van der Waals surface area contributed by atoms with Crippen molar-refractivity contribution in [2.24, 2.45) is 0 Å². The van der Waals surface area contributed by atoms with E-state index in [9.17, 15) is 4.79 Å². The van der Waals surface area contributed by atoms with Crippen molar-refractivity contribution in [1.82, 2.24) is 0 Å². The maximum absolute atomic E-state index is 11.0. The van der Waals surface area contributed by atoms with Crippen LogP contribution in [0.4, 0.5) is 0 Å². The molecule has 0 saturated heterocycles. The van der Waals surface area contributed by atoms with Crippen LogP contribution in [-0.4, -0.2) is 25.6 Å². The van der Waals surface area contributed by atoms with Gasteiger partial charge in [0, 0.05) is 12.7 Å². The number of Topliss-reactive ketones (excluding diaryl/α,β-unsaturated/α-hetero) is 1. The molecule has 0 aliphatic heterocycles. The molecule has 1 atom stereocenters. The Balaban J connectivity index is 2.53. The Morgan fingerprint density at radius 1 is 1.33 bits per heavy atom. The van der Waals surface area contributed by atoms with E-state index in [1.807, 2.05) is 6.92 Å². The van der Waals surface area contributed by atoms with Gasteiger partial charge in [-0.3, -0.25) is 4.79 Å². The minimum absolute atomic E-state index is 0.0619. The molecule has 0 aliphatic rings. The number of hydrogen-bond acceptors (Lipinski definition) is 3. The lowest BCUT2D eigenvalue weighted by Gasteiger charge is -2.11. The molecular formula is C12H16O3. The molecule has 0 radical (unpaired) electrons. The van der Waals surface area contributed by atoms with Crippen LogP contribution in [0.5, 0.6) is 5.75 Å². The third-order valence-electron chi connectivity index (χ3n) is 2.15. The number of ketones is 1. The van der Waals surface area contributed by atoms with Crippen LogP contribution in [0.15, 0.2) is 24.3 Å². The van der Waals surface area contributed by atoms with E-state index in [0.717, 1.165) is 5.75 Å². The number of ether oxygens (including phenoxy) is 2. The van der Waals surface area contributed by atoms with Gasteiger partial charge in [0.25, 0.3) is 0 Å². The molecule has 1 rings (SSSR count). The molecule has 0 fully saturated rings. The summed E-state index contributed by atoms with van der Waals surface area (Å²) in [5.74, 6) is 0.815. The molecule has 1 aromatic rings. The van der Waals surface area contributed by atoms with Gasteiger partial charge in [-0.25, -0.2) is 0 Å². The average molecular weight is 208 g/mol. The quantitative estimate of drug-likeness (QED) is 0.696. The molecule has 0 aliphatic carbocycles. The van der Waals surface area contributed by atoms with Crippen LogP contribution >= 0.6 is 0 Å². The first kappa shape index (κ1) is 11.7. The molecule has 0 bridgehead atoms. The summed E-state index contributed by atoms with van der Waals surface area (Å²) in [6.45, 7) is 3.99. The highest BCUT2D eigenvalue weighted by Gasteiger charge is 2.02. The lowest BCUT2D eigenvalue weighted by molar-refractivity contribution is 0.0716. The van der Waals surface area contributed by atoms with Gasteiger partial charge >= 0.3 is 0 Å². The summed E-state index contributed by atoms with van der Waals surface area (Å²) in [5, 5.41) is 0. The first-order valence-electron chi connectivity index (χ1n) is 4.90. The van der Waals surface area contributed by atoms with Gasteiger partial charge in [-0.15, -0.1) is 0 Å². The largest absolute Gasteiger partial charge is 0.491 e. The van der Waals surface area contributed by atoms with Crippen molar-refractivity contribution in [3.05, 3.63) is 29.8 Å². The Kier molecular flexibility index (Phi) is 4.31. The summed E-state index contributed by atoms with van der Waals surface area (Å²) in [5.41, 5.74) is 0.696. The van der Waals surface area contributed by atoms with Crippen molar-refractivity contribution in [2.75, 3.05) is 13.7 Å². The molecule has 0 amide bonds. The lowest BCUT2D eigenvalue weighted by atomic mass is 10.1. The molecule has 0 N–H and O–H groups in total. The Morgan fingerprint density at radius 3 is 2.40 bits per heavy atom. The Bertz CT molecular complexity index is 316. The van der Waals surface area contributed by atoms with E-state index in [2.05, 4.69) is 0 Å². The Morgan fingerprint density at radius 2 is 1.93 bits per heavy atom. The fourth-order valence-electron chi connectivity index (χ4n) is 1.07. The van der Waals surface area contributed by atoms with Crippen molar-refractivity contribution in [2.45, 2.75) is 20.0 Å². The summed E-state index contributed by atoms with van der Waals surface area (Å²) in [4.78, 5) is 11.0. The summed E-state index contributed by atoms with van der Waals surface area (Å²) < 4.78 is 10.5. The average Bonchev–Trinajstić information content (AvgIpc) is 2.26. The van der Waals surface area contributed by atoms with Crippen molar-refractivity contribution in [3.63, 3.8) is 0 Å². The molecule has 0 spiro atoms. The molecule has 0 aromatic heterocycles. The van der Waals surface area contributed by atoms with Crippen LogP contribution in [0.2, 0.25) is 0 Å². The van der Waals surface area contributed by atoms with E-state index in [4.69, 9.17) is 9.47 Å². The molecule has 0 heterocycles. The number of benzene rings is 1. The van der Waals surface area contributed by atoms with E-state index < -0.39 is 0 Å². The minimum atomic E-state index is 0.0619. The summed E-state index contributed by atoms with van der Waals surface area (Å²) >= 11 is 0. The van der Waals surface area contributed by atoms with Gasteiger partial charge in [0.05, 0.1) is 6.10 Å². The zero-order valence-electron chi connectivity index (χ0n) is 9.32. The smallest absolute Gasteiger partial charge is 0.159 e. The SMILES string of the molecule is COC(C)COc1ccc(C(C)=O)cc1. The lowest BCUT2D eigenvalue weighted by Crippen LogP contribution is -2.15. The van der Waals surface area contributed by atoms with E-state index in [1.165, 1.54) is 0 Å². The zero-order valence-corrected chi connectivity index (χ0v) is 9.32. The molecular weight excluding hydrogens is 192 g/mol. The van der Waals surface area contributed by atoms with Gasteiger partial charge in [0.1, 0.15) is 12.4 Å². The van der Waals surface area contributed by atoms with Crippen LogP contribution in [-0.2, 0) is 4.74 Å². The monoisotopic (exact) mass is 208 g/mol. The second-order valence-electron chi connectivity index (χ2n) is 3.44. The normalized spacial score (nSPS) is 12.2. The highest BCUT2D eigenvalue weighted by molar-refractivity contribution is 5.94. The molecule has 0 saturated carbocycles. The molecule has 82 valence electrons. The standard InChI is InChI=1S/C12H16O3/c1-9(14-3)8-15-12-6-4-11(5-7-12)10(2)13/h4-7,9H,8H2,1-3H3. The van der Waals surface area contributed by atoms with Crippen molar-refractivity contribution in [3.8, 4) is 5.75 Å². The summed E-state index contributed by atoms with van der Waals surface area (Å²) in [6.07, 6.45) is 0.0671. The van der Waals surface area contributed by atoms with Crippen molar-refractivity contribution >= 4 is 5.78 Å². The van der Waals surface area contributed by atoms with Crippen molar-refractivity contribution in [1.29, 1.82) is 0 Å². The Hall–Kier alpha value is -1.35. The van der Waals surface area contributed by atoms with E-state index in [1.54, 1.807) is 38.3 Å². The highest BCUT2D eigenvalue weighted by Crippen LogP contribution is 2.12. The van der Waals surface area contributed by atoms with Gasteiger partial charge < -0.3 is 9.47 Å². The molecule has 15 heavy (non-hydrogen) atoms. The van der Waals surface area contributed by atoms with E-state index in [0.29, 0.717) is 12.2 Å². The maximum Gasteiger partial charge on any atom is 0.159 e. The van der Waals surface area contributed by atoms with Gasteiger partial charge in [-0.05, 0) is 38.1 Å². The number of methoxy groups -OCH3 is 1. The third kappa shape index (κ3) is 3.72. The van der Waals surface area contributed by atoms with Crippen LogP contribution in [0.3, 0.4) is 0 Å². The van der Waals surface area contributed by atoms with Gasteiger partial charge in [-0.1, -0.05) is 0 Å². The predicted molar refractivity (Wildman–Crippen MR) is 58.4 cm³/mol. The summed E-state index contributed by atoms with van der Waals surface area (Å²) in [7, 11) is 1.65. The molecule has 3 nitrogen and oxygen atoms in total.